The van der Waals surface area contributed by atoms with Gasteiger partial charge >= 0.3 is 41.8 Å². The normalized spacial score (nSPS) is 23.9. The summed E-state index contributed by atoms with van der Waals surface area (Å²) in [6, 6.07) is 0. The van der Waals surface area contributed by atoms with Gasteiger partial charge in [0.25, 0.3) is 0 Å². The second-order valence-electron chi connectivity index (χ2n) is 19.0. The van der Waals surface area contributed by atoms with Crippen LogP contribution in [0.4, 0.5) is 0 Å². The van der Waals surface area contributed by atoms with Crippen LogP contribution in [0.5, 0.6) is 0 Å². The molecule has 416 valence electrons. The quantitative estimate of drug-likeness (QED) is 0.0343. The van der Waals surface area contributed by atoms with E-state index in [4.69, 9.17) is 47.4 Å². The van der Waals surface area contributed by atoms with Gasteiger partial charge in [0, 0.05) is 44.9 Å². The Hall–Kier alpha value is -3.87. The smallest absolute Gasteiger partial charge is 0.306 e. The van der Waals surface area contributed by atoms with E-state index in [-0.39, 0.29) is 44.9 Å². The number of carbonyl (C=O) groups excluding carboxylic acids is 7. The molecule has 0 aromatic carbocycles. The van der Waals surface area contributed by atoms with Crippen LogP contribution in [0.15, 0.2) is 0 Å². The van der Waals surface area contributed by atoms with Crippen molar-refractivity contribution in [3.05, 3.63) is 0 Å². The molecule has 2 aliphatic rings. The lowest BCUT2D eigenvalue weighted by molar-refractivity contribution is -0.357. The van der Waals surface area contributed by atoms with Crippen LogP contribution in [0, 0.1) is 0 Å². The number of carbonyl (C=O) groups is 7. The maximum absolute atomic E-state index is 13.9. The fourth-order valence-electron chi connectivity index (χ4n) is 8.32. The summed E-state index contributed by atoms with van der Waals surface area (Å²) in [7, 11) is 0. The predicted octanol–water partition coefficient (Wildman–Crippen LogP) is 9.52. The third-order valence-corrected chi connectivity index (χ3v) is 12.5. The monoisotopic (exact) mass is 1030 g/mol. The lowest BCUT2D eigenvalue weighted by atomic mass is 9.95. The summed E-state index contributed by atoms with van der Waals surface area (Å²) in [6.45, 7) is 12.8. The second kappa shape index (κ2) is 38.7. The highest BCUT2D eigenvalue weighted by molar-refractivity contribution is 5.73. The summed E-state index contributed by atoms with van der Waals surface area (Å²) < 4.78 is 61.4. The number of hydrogen-bond donors (Lipinski definition) is 1. The minimum atomic E-state index is -1.91. The van der Waals surface area contributed by atoms with Gasteiger partial charge in [-0.2, -0.15) is 0 Å². The molecule has 18 nitrogen and oxygen atoms in total. The van der Waals surface area contributed by atoms with Crippen LogP contribution < -0.4 is 0 Å². The average molecular weight is 1030 g/mol. The van der Waals surface area contributed by atoms with E-state index in [1.54, 1.807) is 0 Å². The molecule has 0 bridgehead atoms. The van der Waals surface area contributed by atoms with Crippen LogP contribution >= 0.6 is 0 Å². The Morgan fingerprint density at radius 3 is 0.958 bits per heavy atom. The Balaban J connectivity index is 2.93. The SMILES string of the molecule is CCCCCC(=O)OC[C@H]1O[C@@H](O[C@H]2[C@H](OC(=O)CCCCC)[C@@H](OC(=O)CCCCC)[C@H](O)O[C@@H]2COC(=O)CCCCC)[C@H](OC(=O)CCCCC)[C@@H](OC(=O)CCCCC)[C@H]1OC(=O)CCCCC. The summed E-state index contributed by atoms with van der Waals surface area (Å²) in [5, 5.41) is 11.6. The molecule has 0 aromatic heterocycles. The van der Waals surface area contributed by atoms with Crippen LogP contribution in [0.25, 0.3) is 0 Å². The van der Waals surface area contributed by atoms with Crippen LogP contribution in [0.1, 0.15) is 228 Å². The van der Waals surface area contributed by atoms with Crippen molar-refractivity contribution >= 4 is 41.8 Å². The first-order chi connectivity index (χ1) is 34.8. The molecule has 72 heavy (non-hydrogen) atoms. The lowest BCUT2D eigenvalue weighted by Gasteiger charge is -2.48. The Labute approximate surface area is 429 Å². The molecule has 0 aliphatic carbocycles. The van der Waals surface area contributed by atoms with E-state index in [1.165, 1.54) is 0 Å². The molecular weight excluding hydrogens is 937 g/mol. The fourth-order valence-corrected chi connectivity index (χ4v) is 8.32. The zero-order valence-electron chi connectivity index (χ0n) is 44.9. The Bertz CT molecular complexity index is 1560. The van der Waals surface area contributed by atoms with Gasteiger partial charge in [-0.05, 0) is 44.9 Å². The van der Waals surface area contributed by atoms with Crippen molar-refractivity contribution in [2.24, 2.45) is 0 Å². The van der Waals surface area contributed by atoms with Gasteiger partial charge in [0.05, 0.1) is 0 Å². The first-order valence-corrected chi connectivity index (χ1v) is 27.7. The molecule has 2 heterocycles. The zero-order chi connectivity index (χ0) is 53.1. The Morgan fingerprint density at radius 2 is 0.611 bits per heavy atom. The topological polar surface area (TPSA) is 232 Å². The van der Waals surface area contributed by atoms with E-state index in [0.29, 0.717) is 64.2 Å². The summed E-state index contributed by atoms with van der Waals surface area (Å²) >= 11 is 0. The summed E-state index contributed by atoms with van der Waals surface area (Å²) in [6.07, 6.45) is -2.07. The number of aliphatic hydroxyl groups is 1. The number of rotatable bonds is 39. The maximum atomic E-state index is 13.9. The fraction of sp³-hybridized carbons (Fsp3) is 0.870. The highest BCUT2D eigenvalue weighted by Gasteiger charge is 2.57. The van der Waals surface area contributed by atoms with Crippen LogP contribution in [-0.4, -0.2) is 122 Å². The molecule has 0 unspecified atom stereocenters. The molecule has 2 saturated heterocycles. The minimum Gasteiger partial charge on any atom is -0.463 e. The third kappa shape index (κ3) is 25.4. The number of hydrogen-bond acceptors (Lipinski definition) is 18. The molecule has 1 N–H and O–H groups in total. The molecule has 2 fully saturated rings. The van der Waals surface area contributed by atoms with Gasteiger partial charge in [-0.15, -0.1) is 0 Å². The van der Waals surface area contributed by atoms with Gasteiger partial charge in [0.2, 0.25) is 0 Å². The molecule has 18 heteroatoms. The van der Waals surface area contributed by atoms with Crippen molar-refractivity contribution in [3.63, 3.8) is 0 Å². The number of aliphatic hydroxyl groups excluding tert-OH is 1. The van der Waals surface area contributed by atoms with Gasteiger partial charge in [-0.25, -0.2) is 0 Å². The van der Waals surface area contributed by atoms with Crippen molar-refractivity contribution in [1.29, 1.82) is 0 Å². The van der Waals surface area contributed by atoms with Gasteiger partial charge in [0.1, 0.15) is 31.5 Å². The average Bonchev–Trinajstić information content (AvgIpc) is 3.34. The van der Waals surface area contributed by atoms with E-state index in [1.807, 2.05) is 48.5 Å². The molecular formula is C54H92O18. The van der Waals surface area contributed by atoms with E-state index >= 15 is 0 Å². The first-order valence-electron chi connectivity index (χ1n) is 27.7. The van der Waals surface area contributed by atoms with Crippen molar-refractivity contribution < 1.29 is 86.0 Å². The van der Waals surface area contributed by atoms with E-state index in [2.05, 4.69) is 0 Å². The first kappa shape index (κ1) is 64.2. The maximum Gasteiger partial charge on any atom is 0.306 e. The molecule has 0 amide bonds. The van der Waals surface area contributed by atoms with Gasteiger partial charge in [-0.3, -0.25) is 33.6 Å². The Kier molecular flexibility index (Phi) is 34.5. The van der Waals surface area contributed by atoms with E-state index in [0.717, 1.165) is 70.6 Å². The molecule has 0 spiro atoms. The van der Waals surface area contributed by atoms with Gasteiger partial charge in [0.15, 0.2) is 43.1 Å². The highest BCUT2D eigenvalue weighted by Crippen LogP contribution is 2.36. The van der Waals surface area contributed by atoms with Crippen molar-refractivity contribution in [2.45, 2.75) is 290 Å². The summed E-state index contributed by atoms with van der Waals surface area (Å²) in [5.41, 5.74) is 0. The van der Waals surface area contributed by atoms with E-state index < -0.39 is 116 Å². The molecule has 10 atom stereocenters. The Morgan fingerprint density at radius 1 is 0.333 bits per heavy atom. The third-order valence-electron chi connectivity index (χ3n) is 12.5. The van der Waals surface area contributed by atoms with E-state index in [9.17, 15) is 38.7 Å². The van der Waals surface area contributed by atoms with Crippen molar-refractivity contribution in [2.75, 3.05) is 13.2 Å². The highest BCUT2D eigenvalue weighted by atomic mass is 16.8. The standard InChI is InChI=1S/C54H92O18/c1-8-15-22-29-40(55)63-36-38-48(49(68-43(58)32-25-18-11-4)51(53(62)65-38)70-45(60)34-27-20-13-6)72-54-52(71-46(61)35-28-21-14-7)50(69-44(59)33-26-19-12-5)47(67-42(57)31-24-17-10-3)39(66-54)37-64-41(56)30-23-16-9-2/h38-39,47-54,62H,8-37H2,1-7H3/t38-,39-,47+,48-,49+,50+,51-,52-,53-,54+/m1/s1. The summed E-state index contributed by atoms with van der Waals surface area (Å²) in [4.78, 5) is 94.9. The van der Waals surface area contributed by atoms with Crippen LogP contribution in [0.3, 0.4) is 0 Å². The summed E-state index contributed by atoms with van der Waals surface area (Å²) in [5.74, 6) is -4.66. The van der Waals surface area contributed by atoms with Crippen LogP contribution in [-0.2, 0) is 80.9 Å². The molecule has 0 radical (unpaired) electrons. The number of ether oxygens (including phenoxy) is 10. The van der Waals surface area contributed by atoms with Gasteiger partial charge < -0.3 is 52.5 Å². The van der Waals surface area contributed by atoms with Gasteiger partial charge in [-0.1, -0.05) is 138 Å². The number of esters is 7. The largest absolute Gasteiger partial charge is 0.463 e. The zero-order valence-corrected chi connectivity index (χ0v) is 44.9. The molecule has 0 aromatic rings. The molecule has 2 rings (SSSR count). The number of unbranched alkanes of at least 4 members (excludes halogenated alkanes) is 14. The van der Waals surface area contributed by atoms with Crippen molar-refractivity contribution in [3.8, 4) is 0 Å². The van der Waals surface area contributed by atoms with Crippen LogP contribution in [0.2, 0.25) is 0 Å². The second-order valence-corrected chi connectivity index (χ2v) is 19.0. The molecule has 2 aliphatic heterocycles. The predicted molar refractivity (Wildman–Crippen MR) is 265 cm³/mol. The molecule has 0 saturated carbocycles. The van der Waals surface area contributed by atoms with Crippen molar-refractivity contribution in [1.82, 2.24) is 0 Å². The minimum absolute atomic E-state index is 0.00310. The lowest BCUT2D eigenvalue weighted by Crippen LogP contribution is -2.67.